The highest BCUT2D eigenvalue weighted by atomic mass is 79.9. The molecule has 2 rings (SSSR count). The maximum atomic E-state index is 13.3. The Balaban J connectivity index is 2.22. The monoisotopic (exact) mass is 419 g/mol. The number of thiophene rings is 1. The van der Waals surface area contributed by atoms with Crippen LogP contribution in [0.5, 0.6) is 0 Å². The number of benzene rings is 1. The lowest BCUT2D eigenvalue weighted by Gasteiger charge is -2.16. The van der Waals surface area contributed by atoms with E-state index >= 15 is 0 Å². The zero-order valence-electron chi connectivity index (χ0n) is 11.3. The quantitative estimate of drug-likeness (QED) is 0.662. The molecular formula is C15H16Br2FNS. The molecule has 0 spiro atoms. The lowest BCUT2D eigenvalue weighted by molar-refractivity contribution is 0.556. The first-order valence-corrected chi connectivity index (χ1v) is 8.84. The summed E-state index contributed by atoms with van der Waals surface area (Å²) in [5.74, 6) is -0.219. The van der Waals surface area contributed by atoms with Gasteiger partial charge in [-0.3, -0.25) is 0 Å². The zero-order chi connectivity index (χ0) is 14.7. The van der Waals surface area contributed by atoms with Crippen molar-refractivity contribution in [2.75, 3.05) is 6.54 Å². The molecule has 0 aliphatic heterocycles. The molecule has 0 aliphatic carbocycles. The maximum absolute atomic E-state index is 13.3. The van der Waals surface area contributed by atoms with Crippen molar-refractivity contribution in [1.29, 1.82) is 0 Å². The van der Waals surface area contributed by atoms with Crippen LogP contribution in [0.1, 0.15) is 29.0 Å². The highest BCUT2D eigenvalue weighted by molar-refractivity contribution is 9.11. The van der Waals surface area contributed by atoms with E-state index in [9.17, 15) is 4.39 Å². The second-order valence-corrected chi connectivity index (χ2v) is 7.92. The van der Waals surface area contributed by atoms with Gasteiger partial charge >= 0.3 is 0 Å². The lowest BCUT2D eigenvalue weighted by atomic mass is 10.0. The van der Waals surface area contributed by atoms with Crippen molar-refractivity contribution in [3.63, 3.8) is 0 Å². The minimum absolute atomic E-state index is 0.219. The van der Waals surface area contributed by atoms with E-state index in [2.05, 4.69) is 57.1 Å². The summed E-state index contributed by atoms with van der Waals surface area (Å²) < 4.78 is 15.0. The Hall–Kier alpha value is -0.230. The fourth-order valence-corrected chi connectivity index (χ4v) is 4.15. The van der Waals surface area contributed by atoms with Gasteiger partial charge in [-0.1, -0.05) is 13.0 Å². The van der Waals surface area contributed by atoms with E-state index in [4.69, 9.17) is 0 Å². The highest BCUT2D eigenvalue weighted by Crippen LogP contribution is 2.33. The fraction of sp³-hybridized carbons (Fsp3) is 0.333. The largest absolute Gasteiger partial charge is 0.309 e. The van der Waals surface area contributed by atoms with Crippen LogP contribution < -0.4 is 5.32 Å². The van der Waals surface area contributed by atoms with Crippen molar-refractivity contribution in [1.82, 2.24) is 5.32 Å². The molecule has 5 heteroatoms. The topological polar surface area (TPSA) is 12.0 Å². The maximum Gasteiger partial charge on any atom is 0.137 e. The van der Waals surface area contributed by atoms with Crippen molar-refractivity contribution in [2.45, 2.75) is 26.3 Å². The van der Waals surface area contributed by atoms with Crippen LogP contribution in [-0.2, 0) is 6.42 Å². The molecule has 0 amide bonds. The van der Waals surface area contributed by atoms with Crippen LogP contribution in [-0.4, -0.2) is 6.54 Å². The summed E-state index contributed by atoms with van der Waals surface area (Å²) in [7, 11) is 0. The number of rotatable bonds is 5. The molecular weight excluding hydrogens is 405 g/mol. The second-order valence-electron chi connectivity index (χ2n) is 4.67. The summed E-state index contributed by atoms with van der Waals surface area (Å²) in [6.07, 6.45) is 0.846. The summed E-state index contributed by atoms with van der Waals surface area (Å²) in [6, 6.07) is 7.68. The summed E-state index contributed by atoms with van der Waals surface area (Å²) in [5.41, 5.74) is 2.37. The standard InChI is InChI=1S/C15H16Br2FNS/c1-3-19-13(14-6-9(2)15(17)20-14)8-10-4-5-12(18)11(16)7-10/h4-7,13,19H,3,8H2,1-2H3. The van der Waals surface area contributed by atoms with Crippen LogP contribution in [0.25, 0.3) is 0 Å². The molecule has 1 aromatic carbocycles. The number of hydrogen-bond donors (Lipinski definition) is 1. The molecule has 2 aromatic rings. The molecule has 1 aromatic heterocycles. The van der Waals surface area contributed by atoms with Gasteiger partial charge in [0.25, 0.3) is 0 Å². The van der Waals surface area contributed by atoms with Gasteiger partial charge in [0.05, 0.1) is 8.26 Å². The number of nitrogens with one attached hydrogen (secondary N) is 1. The first kappa shape index (κ1) is 16.1. The second kappa shape index (κ2) is 7.16. The van der Waals surface area contributed by atoms with E-state index in [0.29, 0.717) is 4.47 Å². The van der Waals surface area contributed by atoms with Gasteiger partial charge in [0.15, 0.2) is 0 Å². The van der Waals surface area contributed by atoms with E-state index in [1.54, 1.807) is 11.3 Å². The molecule has 0 fully saturated rings. The summed E-state index contributed by atoms with van der Waals surface area (Å²) in [4.78, 5) is 1.30. The average molecular weight is 421 g/mol. The van der Waals surface area contributed by atoms with E-state index in [1.165, 1.54) is 20.3 Å². The first-order valence-electron chi connectivity index (χ1n) is 6.44. The predicted molar refractivity (Wildman–Crippen MR) is 91.0 cm³/mol. The molecule has 108 valence electrons. The number of hydrogen-bond acceptors (Lipinski definition) is 2. The van der Waals surface area contributed by atoms with Crippen LogP contribution in [0.15, 0.2) is 32.5 Å². The summed E-state index contributed by atoms with van der Waals surface area (Å²) in [5, 5.41) is 3.50. The van der Waals surface area contributed by atoms with Gasteiger partial charge in [0, 0.05) is 10.9 Å². The van der Waals surface area contributed by atoms with Gasteiger partial charge in [0.2, 0.25) is 0 Å². The van der Waals surface area contributed by atoms with Crippen molar-refractivity contribution < 1.29 is 4.39 Å². The minimum Gasteiger partial charge on any atom is -0.309 e. The SMILES string of the molecule is CCNC(Cc1ccc(F)c(Br)c1)c1cc(C)c(Br)s1. The van der Waals surface area contributed by atoms with Gasteiger partial charge in [-0.2, -0.15) is 0 Å². The smallest absolute Gasteiger partial charge is 0.137 e. The highest BCUT2D eigenvalue weighted by Gasteiger charge is 2.15. The van der Waals surface area contributed by atoms with E-state index in [0.717, 1.165) is 18.5 Å². The van der Waals surface area contributed by atoms with Gasteiger partial charge in [0.1, 0.15) is 5.82 Å². The predicted octanol–water partition coefficient (Wildman–Crippen LogP) is 5.61. The third-order valence-electron chi connectivity index (χ3n) is 3.09. The molecule has 1 unspecified atom stereocenters. The Morgan fingerprint density at radius 1 is 1.30 bits per heavy atom. The molecule has 0 radical (unpaired) electrons. The molecule has 0 bridgehead atoms. The van der Waals surface area contributed by atoms with Crippen LogP contribution >= 0.6 is 43.2 Å². The Kier molecular flexibility index (Phi) is 5.78. The van der Waals surface area contributed by atoms with Crippen LogP contribution in [0.4, 0.5) is 4.39 Å². The molecule has 0 saturated carbocycles. The van der Waals surface area contributed by atoms with Crippen molar-refractivity contribution in [3.8, 4) is 0 Å². The van der Waals surface area contributed by atoms with Crippen LogP contribution in [0.3, 0.4) is 0 Å². The van der Waals surface area contributed by atoms with Crippen LogP contribution in [0.2, 0.25) is 0 Å². The Labute approximate surface area is 139 Å². The zero-order valence-corrected chi connectivity index (χ0v) is 15.3. The Morgan fingerprint density at radius 2 is 2.05 bits per heavy atom. The average Bonchev–Trinajstić information content (AvgIpc) is 2.73. The third kappa shape index (κ3) is 3.91. The van der Waals surface area contributed by atoms with Gasteiger partial charge in [-0.05, 0) is 81.1 Å². The minimum atomic E-state index is -0.219. The molecule has 1 atom stereocenters. The number of aryl methyl sites for hydroxylation is 1. The third-order valence-corrected chi connectivity index (χ3v) is 5.95. The van der Waals surface area contributed by atoms with Gasteiger partial charge in [-0.15, -0.1) is 11.3 Å². The summed E-state index contributed by atoms with van der Waals surface area (Å²) >= 11 is 8.58. The van der Waals surface area contributed by atoms with E-state index in [1.807, 2.05) is 12.1 Å². The molecule has 0 aliphatic rings. The molecule has 1 heterocycles. The number of halogens is 3. The van der Waals surface area contributed by atoms with E-state index in [-0.39, 0.29) is 11.9 Å². The van der Waals surface area contributed by atoms with Crippen molar-refractivity contribution >= 4 is 43.2 Å². The van der Waals surface area contributed by atoms with Crippen molar-refractivity contribution in [2.24, 2.45) is 0 Å². The van der Waals surface area contributed by atoms with Gasteiger partial charge in [-0.25, -0.2) is 4.39 Å². The molecule has 1 N–H and O–H groups in total. The van der Waals surface area contributed by atoms with Crippen molar-refractivity contribution in [3.05, 3.63) is 54.3 Å². The summed E-state index contributed by atoms with van der Waals surface area (Å²) in [6.45, 7) is 5.10. The normalized spacial score (nSPS) is 12.7. The Morgan fingerprint density at radius 3 is 2.60 bits per heavy atom. The molecule has 1 nitrogen and oxygen atoms in total. The Bertz CT molecular complexity index is 578. The van der Waals surface area contributed by atoms with Crippen LogP contribution in [0, 0.1) is 12.7 Å². The van der Waals surface area contributed by atoms with Gasteiger partial charge < -0.3 is 5.32 Å². The number of likely N-dealkylation sites (N-methyl/N-ethyl adjacent to an activating group) is 1. The van der Waals surface area contributed by atoms with E-state index < -0.39 is 0 Å². The first-order chi connectivity index (χ1) is 9.51. The molecule has 20 heavy (non-hydrogen) atoms. The molecule has 0 saturated heterocycles. The lowest BCUT2D eigenvalue weighted by Crippen LogP contribution is -2.22. The fourth-order valence-electron chi connectivity index (χ4n) is 2.08.